The molecule has 2 nitrogen and oxygen atoms in total. The van der Waals surface area contributed by atoms with Gasteiger partial charge in [0.1, 0.15) is 5.75 Å². The quantitative estimate of drug-likeness (QED) is 0.303. The summed E-state index contributed by atoms with van der Waals surface area (Å²) in [6.45, 7) is 0. The SMILES string of the molecule is COc1ccc(C(=O)C[C@@H](Sc2ccc(Cl)cc2Cl)c2ccccc2)cc1. The fourth-order valence-corrected chi connectivity index (χ4v) is 4.38. The van der Waals surface area contributed by atoms with E-state index in [2.05, 4.69) is 0 Å². The lowest BCUT2D eigenvalue weighted by Crippen LogP contribution is -2.05. The highest BCUT2D eigenvalue weighted by molar-refractivity contribution is 7.99. The Morgan fingerprint density at radius 1 is 1.00 bits per heavy atom. The van der Waals surface area contributed by atoms with Gasteiger partial charge in [-0.05, 0) is 48.0 Å². The van der Waals surface area contributed by atoms with Crippen molar-refractivity contribution in [2.24, 2.45) is 0 Å². The van der Waals surface area contributed by atoms with Crippen LogP contribution in [0.1, 0.15) is 27.6 Å². The van der Waals surface area contributed by atoms with Crippen LogP contribution in [0.25, 0.3) is 0 Å². The fourth-order valence-electron chi connectivity index (χ4n) is 2.68. The molecule has 138 valence electrons. The maximum absolute atomic E-state index is 12.8. The summed E-state index contributed by atoms with van der Waals surface area (Å²) in [5, 5.41) is 1.12. The van der Waals surface area contributed by atoms with Gasteiger partial charge in [-0.3, -0.25) is 4.79 Å². The zero-order valence-electron chi connectivity index (χ0n) is 14.7. The minimum Gasteiger partial charge on any atom is -0.497 e. The van der Waals surface area contributed by atoms with Gasteiger partial charge >= 0.3 is 0 Å². The first kappa shape index (κ1) is 19.8. The number of ketones is 1. The number of rotatable bonds is 7. The largest absolute Gasteiger partial charge is 0.497 e. The van der Waals surface area contributed by atoms with E-state index in [0.29, 0.717) is 22.0 Å². The lowest BCUT2D eigenvalue weighted by molar-refractivity contribution is 0.0982. The Bertz CT molecular complexity index is 911. The van der Waals surface area contributed by atoms with E-state index in [-0.39, 0.29) is 11.0 Å². The minimum atomic E-state index is -0.0560. The van der Waals surface area contributed by atoms with Crippen molar-refractivity contribution in [3.8, 4) is 5.75 Å². The van der Waals surface area contributed by atoms with Gasteiger partial charge in [-0.2, -0.15) is 0 Å². The summed E-state index contributed by atoms with van der Waals surface area (Å²) in [5.41, 5.74) is 1.75. The molecule has 0 aliphatic heterocycles. The zero-order chi connectivity index (χ0) is 19.2. The van der Waals surface area contributed by atoms with Crippen LogP contribution >= 0.6 is 35.0 Å². The number of Topliss-reactive ketones (excluding diaryl/α,β-unsaturated/α-hetero) is 1. The molecule has 0 heterocycles. The molecule has 5 heteroatoms. The Labute approximate surface area is 173 Å². The van der Waals surface area contributed by atoms with Gasteiger partial charge in [-0.1, -0.05) is 53.5 Å². The molecule has 0 aliphatic carbocycles. The number of methoxy groups -OCH3 is 1. The van der Waals surface area contributed by atoms with Gasteiger partial charge in [0.05, 0.1) is 12.1 Å². The van der Waals surface area contributed by atoms with Gasteiger partial charge in [-0.15, -0.1) is 11.8 Å². The number of carbonyl (C=O) groups is 1. The average molecular weight is 417 g/mol. The van der Waals surface area contributed by atoms with Crippen molar-refractivity contribution in [2.45, 2.75) is 16.6 Å². The monoisotopic (exact) mass is 416 g/mol. The van der Waals surface area contributed by atoms with Gasteiger partial charge in [0, 0.05) is 27.2 Å². The number of hydrogen-bond donors (Lipinski definition) is 0. The number of hydrogen-bond acceptors (Lipinski definition) is 3. The van der Waals surface area contributed by atoms with Crippen LogP contribution in [0.5, 0.6) is 5.75 Å². The first-order chi connectivity index (χ1) is 13.1. The van der Waals surface area contributed by atoms with Crippen LogP contribution in [0.15, 0.2) is 77.7 Å². The van der Waals surface area contributed by atoms with Crippen molar-refractivity contribution in [1.82, 2.24) is 0 Å². The van der Waals surface area contributed by atoms with Gasteiger partial charge in [0.2, 0.25) is 0 Å². The zero-order valence-corrected chi connectivity index (χ0v) is 17.0. The van der Waals surface area contributed by atoms with Crippen molar-refractivity contribution in [3.05, 3.63) is 94.0 Å². The molecule has 3 aromatic rings. The molecule has 0 unspecified atom stereocenters. The Hall–Kier alpha value is -1.94. The Balaban J connectivity index is 1.84. The molecular weight excluding hydrogens is 399 g/mol. The highest BCUT2D eigenvalue weighted by Crippen LogP contribution is 2.42. The maximum atomic E-state index is 12.8. The maximum Gasteiger partial charge on any atom is 0.164 e. The smallest absolute Gasteiger partial charge is 0.164 e. The predicted molar refractivity (Wildman–Crippen MR) is 113 cm³/mol. The molecular formula is C22H18Cl2O2S. The van der Waals surface area contributed by atoms with Crippen molar-refractivity contribution >= 4 is 40.7 Å². The van der Waals surface area contributed by atoms with Crippen LogP contribution in [0.3, 0.4) is 0 Å². The van der Waals surface area contributed by atoms with E-state index in [4.69, 9.17) is 27.9 Å². The van der Waals surface area contributed by atoms with Crippen LogP contribution in [-0.2, 0) is 0 Å². The lowest BCUT2D eigenvalue weighted by atomic mass is 10.0. The van der Waals surface area contributed by atoms with E-state index in [9.17, 15) is 4.79 Å². The molecule has 0 radical (unpaired) electrons. The van der Waals surface area contributed by atoms with Crippen LogP contribution in [0.2, 0.25) is 10.0 Å². The van der Waals surface area contributed by atoms with E-state index in [1.807, 2.05) is 42.5 Å². The summed E-state index contributed by atoms with van der Waals surface area (Å²) in [6, 6.07) is 22.6. The van der Waals surface area contributed by atoms with Gasteiger partial charge in [0.15, 0.2) is 5.78 Å². The third-order valence-electron chi connectivity index (χ3n) is 4.12. The summed E-state index contributed by atoms with van der Waals surface area (Å²) in [6.07, 6.45) is 0.361. The Kier molecular flexibility index (Phi) is 6.84. The molecule has 27 heavy (non-hydrogen) atoms. The molecule has 3 aromatic carbocycles. The summed E-state index contributed by atoms with van der Waals surface area (Å²) in [5.74, 6) is 0.803. The second-order valence-corrected chi connectivity index (χ2v) is 8.04. The first-order valence-electron chi connectivity index (χ1n) is 8.40. The number of benzene rings is 3. The van der Waals surface area contributed by atoms with Crippen molar-refractivity contribution in [1.29, 1.82) is 0 Å². The van der Waals surface area contributed by atoms with Crippen molar-refractivity contribution in [3.63, 3.8) is 0 Å². The molecule has 0 saturated heterocycles. The first-order valence-corrected chi connectivity index (χ1v) is 10.0. The van der Waals surface area contributed by atoms with Crippen molar-refractivity contribution < 1.29 is 9.53 Å². The lowest BCUT2D eigenvalue weighted by Gasteiger charge is -2.17. The van der Waals surface area contributed by atoms with E-state index < -0.39 is 0 Å². The Morgan fingerprint density at radius 3 is 2.33 bits per heavy atom. The number of thioether (sulfide) groups is 1. The van der Waals surface area contributed by atoms with E-state index in [1.165, 1.54) is 0 Å². The minimum absolute atomic E-state index is 0.0560. The average Bonchev–Trinajstić information content (AvgIpc) is 2.70. The van der Waals surface area contributed by atoms with Gasteiger partial charge < -0.3 is 4.74 Å². The molecule has 1 atom stereocenters. The summed E-state index contributed by atoms with van der Waals surface area (Å²) < 4.78 is 5.16. The fraction of sp³-hybridized carbons (Fsp3) is 0.136. The third kappa shape index (κ3) is 5.29. The third-order valence-corrected chi connectivity index (χ3v) is 6.11. The molecule has 0 aromatic heterocycles. The number of halogens is 2. The molecule has 0 amide bonds. The second kappa shape index (κ2) is 9.32. The second-order valence-electron chi connectivity index (χ2n) is 5.95. The van der Waals surface area contributed by atoms with Gasteiger partial charge in [-0.25, -0.2) is 0 Å². The molecule has 0 bridgehead atoms. The van der Waals surface area contributed by atoms with Crippen LogP contribution in [0, 0.1) is 0 Å². The van der Waals surface area contributed by atoms with Crippen LogP contribution in [0.4, 0.5) is 0 Å². The van der Waals surface area contributed by atoms with Gasteiger partial charge in [0.25, 0.3) is 0 Å². The summed E-state index contributed by atoms with van der Waals surface area (Å²) in [4.78, 5) is 13.7. The highest BCUT2D eigenvalue weighted by atomic mass is 35.5. The molecule has 3 rings (SSSR count). The number of ether oxygens (including phenoxy) is 1. The van der Waals surface area contributed by atoms with Crippen molar-refractivity contribution in [2.75, 3.05) is 7.11 Å². The van der Waals surface area contributed by atoms with Crippen LogP contribution in [-0.4, -0.2) is 12.9 Å². The normalized spacial score (nSPS) is 11.8. The van der Waals surface area contributed by atoms with Crippen LogP contribution < -0.4 is 4.74 Å². The highest BCUT2D eigenvalue weighted by Gasteiger charge is 2.20. The summed E-state index contributed by atoms with van der Waals surface area (Å²) in [7, 11) is 1.61. The number of carbonyl (C=O) groups excluding carboxylic acids is 1. The van der Waals surface area contributed by atoms with E-state index in [0.717, 1.165) is 16.2 Å². The Morgan fingerprint density at radius 2 is 1.70 bits per heavy atom. The van der Waals surface area contributed by atoms with E-state index >= 15 is 0 Å². The standard InChI is InChI=1S/C22H18Cl2O2S/c1-26-18-10-7-15(8-11-18)20(25)14-22(16-5-3-2-4-6-16)27-21-12-9-17(23)13-19(21)24/h2-13,22H,14H2,1H3/t22-/m1/s1. The molecule has 0 fully saturated rings. The topological polar surface area (TPSA) is 26.3 Å². The molecule has 0 N–H and O–H groups in total. The summed E-state index contributed by atoms with van der Waals surface area (Å²) >= 11 is 13.9. The van der Waals surface area contributed by atoms with E-state index in [1.54, 1.807) is 49.2 Å². The molecule has 0 spiro atoms. The predicted octanol–water partition coefficient (Wildman–Crippen LogP) is 7.11. The molecule has 0 saturated carbocycles. The molecule has 0 aliphatic rings.